The second-order valence-corrected chi connectivity index (χ2v) is 6.43. The molecule has 122 valence electrons. The Kier molecular flexibility index (Phi) is 7.78. The molecule has 2 N–H and O–H groups in total. The van der Waals surface area contributed by atoms with E-state index in [2.05, 4.69) is 0 Å². The minimum Gasteiger partial charge on any atom is -0.550 e. The van der Waals surface area contributed by atoms with Crippen LogP contribution in [0.1, 0.15) is 32.6 Å². The Labute approximate surface area is 126 Å². The number of quaternary nitrogens is 1. The maximum absolute atomic E-state index is 12.2. The van der Waals surface area contributed by atoms with Crippen LogP contribution in [0, 0.1) is 0 Å². The second-order valence-electron chi connectivity index (χ2n) is 6.43. The minimum atomic E-state index is -2.02. The number of Topliss-reactive ketones (excluding diaryl/α,β-unsaturated/α-hetero) is 1. The van der Waals surface area contributed by atoms with Crippen molar-refractivity contribution in [2.24, 2.45) is 0 Å². The molecule has 0 aromatic carbocycles. The molecule has 6 nitrogen and oxygen atoms in total. The molecule has 0 spiro atoms. The third kappa shape index (κ3) is 8.60. The van der Waals surface area contributed by atoms with Crippen molar-refractivity contribution in [3.05, 3.63) is 12.2 Å². The van der Waals surface area contributed by atoms with E-state index in [1.807, 2.05) is 13.0 Å². The topological polar surface area (TPSA) is 97.7 Å². The lowest BCUT2D eigenvalue weighted by Gasteiger charge is -2.35. The van der Waals surface area contributed by atoms with E-state index in [0.29, 0.717) is 6.42 Å². The summed E-state index contributed by atoms with van der Waals surface area (Å²) in [7, 11) is 5.23. The smallest absolute Gasteiger partial charge is 0.177 e. The van der Waals surface area contributed by atoms with Crippen molar-refractivity contribution < 1.29 is 29.4 Å². The number of hydrogen-bond donors (Lipinski definition) is 2. The number of nitrogens with zero attached hydrogens (tertiary/aromatic N) is 1. The van der Waals surface area contributed by atoms with Gasteiger partial charge in [-0.3, -0.25) is 4.79 Å². The van der Waals surface area contributed by atoms with Crippen molar-refractivity contribution in [2.45, 2.75) is 44.3 Å². The van der Waals surface area contributed by atoms with Gasteiger partial charge < -0.3 is 24.6 Å². The van der Waals surface area contributed by atoms with E-state index in [0.717, 1.165) is 6.42 Å². The third-order valence-corrected chi connectivity index (χ3v) is 2.92. The molecule has 0 heterocycles. The standard InChI is InChI=1S/C15H27NO5/c1-5-6-7-8-12(17)9-13(18)15(21,10-14(19)20)11-16(2,3)4/h6-7,12,17,21H,5,8-11H2,1-4H3/b7-6-. The molecule has 0 saturated heterocycles. The number of rotatable bonds is 10. The molecule has 0 aromatic heterocycles. The van der Waals surface area contributed by atoms with Crippen molar-refractivity contribution in [3.8, 4) is 0 Å². The van der Waals surface area contributed by atoms with E-state index in [1.165, 1.54) is 0 Å². The van der Waals surface area contributed by atoms with Gasteiger partial charge in [-0.2, -0.15) is 0 Å². The molecule has 0 aromatic rings. The Bertz CT molecular complexity index is 386. The molecule has 2 atom stereocenters. The Morgan fingerprint density at radius 3 is 2.29 bits per heavy atom. The van der Waals surface area contributed by atoms with Crippen LogP contribution in [0.15, 0.2) is 12.2 Å². The summed E-state index contributed by atoms with van der Waals surface area (Å²) in [4.78, 5) is 23.0. The lowest BCUT2D eigenvalue weighted by Crippen LogP contribution is -2.56. The van der Waals surface area contributed by atoms with Crippen LogP contribution >= 0.6 is 0 Å². The van der Waals surface area contributed by atoms with Gasteiger partial charge in [0.2, 0.25) is 0 Å². The van der Waals surface area contributed by atoms with Gasteiger partial charge in [0.1, 0.15) is 6.54 Å². The molecule has 0 saturated carbocycles. The highest BCUT2D eigenvalue weighted by Gasteiger charge is 2.41. The number of carboxylic acids is 1. The summed E-state index contributed by atoms with van der Waals surface area (Å²) in [6.07, 6.45) is 2.78. The highest BCUT2D eigenvalue weighted by molar-refractivity contribution is 5.91. The van der Waals surface area contributed by atoms with E-state index in [4.69, 9.17) is 0 Å². The first-order valence-corrected chi connectivity index (χ1v) is 7.09. The molecule has 21 heavy (non-hydrogen) atoms. The Morgan fingerprint density at radius 2 is 1.86 bits per heavy atom. The number of aliphatic carboxylic acids is 1. The van der Waals surface area contributed by atoms with Crippen molar-refractivity contribution in [3.63, 3.8) is 0 Å². The largest absolute Gasteiger partial charge is 0.550 e. The molecule has 0 amide bonds. The van der Waals surface area contributed by atoms with Gasteiger partial charge in [0.25, 0.3) is 0 Å². The quantitative estimate of drug-likeness (QED) is 0.408. The fourth-order valence-electron chi connectivity index (χ4n) is 2.17. The minimum absolute atomic E-state index is 0.0582. The first kappa shape index (κ1) is 19.8. The average molecular weight is 301 g/mol. The van der Waals surface area contributed by atoms with E-state index in [9.17, 15) is 24.9 Å². The third-order valence-electron chi connectivity index (χ3n) is 2.92. The van der Waals surface area contributed by atoms with Crippen molar-refractivity contribution in [1.82, 2.24) is 0 Å². The number of ketones is 1. The number of allylic oxidation sites excluding steroid dienone is 1. The number of hydrogen-bond acceptors (Lipinski definition) is 5. The molecular weight excluding hydrogens is 274 g/mol. The van der Waals surface area contributed by atoms with Crippen molar-refractivity contribution >= 4 is 11.8 Å². The summed E-state index contributed by atoms with van der Waals surface area (Å²) in [5.41, 5.74) is -2.02. The zero-order valence-electron chi connectivity index (χ0n) is 13.3. The van der Waals surface area contributed by atoms with Gasteiger partial charge >= 0.3 is 0 Å². The van der Waals surface area contributed by atoms with E-state index < -0.39 is 29.9 Å². The van der Waals surface area contributed by atoms with Crippen LogP contribution in [0.25, 0.3) is 0 Å². The van der Waals surface area contributed by atoms with Gasteiger partial charge in [0, 0.05) is 18.8 Å². The highest BCUT2D eigenvalue weighted by atomic mass is 16.4. The molecule has 0 fully saturated rings. The first-order chi connectivity index (χ1) is 9.50. The van der Waals surface area contributed by atoms with Crippen LogP contribution in [0.3, 0.4) is 0 Å². The zero-order valence-corrected chi connectivity index (χ0v) is 13.3. The predicted octanol–water partition coefficient (Wildman–Crippen LogP) is -0.760. The second kappa shape index (κ2) is 8.26. The molecule has 0 radical (unpaired) electrons. The summed E-state index contributed by atoms with van der Waals surface area (Å²) < 4.78 is 0.224. The van der Waals surface area contributed by atoms with E-state index >= 15 is 0 Å². The van der Waals surface area contributed by atoms with E-state index in [-0.39, 0.29) is 17.4 Å². The van der Waals surface area contributed by atoms with Crippen LogP contribution in [-0.4, -0.2) is 65.8 Å². The normalized spacial score (nSPS) is 16.7. The maximum atomic E-state index is 12.2. The molecule has 0 aliphatic heterocycles. The summed E-state index contributed by atoms with van der Waals surface area (Å²) in [5.74, 6) is -2.16. The Balaban J connectivity index is 4.87. The summed E-state index contributed by atoms with van der Waals surface area (Å²) in [5, 5.41) is 31.0. The highest BCUT2D eigenvalue weighted by Crippen LogP contribution is 2.19. The van der Waals surface area contributed by atoms with Crippen LogP contribution in [0.4, 0.5) is 0 Å². The molecule has 6 heteroatoms. The van der Waals surface area contributed by atoms with Gasteiger partial charge in [0.05, 0.1) is 27.2 Å². The van der Waals surface area contributed by atoms with Gasteiger partial charge in [-0.05, 0) is 12.8 Å². The summed E-state index contributed by atoms with van der Waals surface area (Å²) in [6, 6.07) is 0. The van der Waals surface area contributed by atoms with Crippen LogP contribution < -0.4 is 5.11 Å². The molecule has 0 bridgehead atoms. The Morgan fingerprint density at radius 1 is 1.29 bits per heavy atom. The average Bonchev–Trinajstić information content (AvgIpc) is 2.25. The SMILES string of the molecule is CC/C=C\CC(O)CC(=O)C(O)(CC(=O)[O-])C[N+](C)(C)C. The number of carboxylic acid groups (broad SMARTS) is 1. The molecule has 0 aliphatic rings. The fraction of sp³-hybridized carbons (Fsp3) is 0.733. The number of aliphatic hydroxyl groups excluding tert-OH is 1. The number of aliphatic hydroxyl groups is 2. The molecule has 2 unspecified atom stereocenters. The number of carbonyl (C=O) groups excluding carboxylic acids is 2. The van der Waals surface area contributed by atoms with Gasteiger partial charge in [-0.25, -0.2) is 0 Å². The summed E-state index contributed by atoms with van der Waals surface area (Å²) >= 11 is 0. The maximum Gasteiger partial charge on any atom is 0.177 e. The van der Waals surface area contributed by atoms with Crippen molar-refractivity contribution in [2.75, 3.05) is 27.7 Å². The predicted molar refractivity (Wildman–Crippen MR) is 77.2 cm³/mol. The lowest BCUT2D eigenvalue weighted by molar-refractivity contribution is -0.875. The van der Waals surface area contributed by atoms with Crippen molar-refractivity contribution in [1.29, 1.82) is 0 Å². The molecular formula is C15H27NO5. The molecule has 0 rings (SSSR count). The zero-order chi connectivity index (χ0) is 16.7. The first-order valence-electron chi connectivity index (χ1n) is 7.09. The molecule has 0 aliphatic carbocycles. The Hall–Kier alpha value is -1.24. The van der Waals surface area contributed by atoms with Crippen LogP contribution in [0.2, 0.25) is 0 Å². The van der Waals surface area contributed by atoms with Gasteiger partial charge in [-0.15, -0.1) is 0 Å². The van der Waals surface area contributed by atoms with Gasteiger partial charge in [0.15, 0.2) is 11.4 Å². The van der Waals surface area contributed by atoms with E-state index in [1.54, 1.807) is 27.2 Å². The van der Waals surface area contributed by atoms with Crippen LogP contribution in [-0.2, 0) is 9.59 Å². The monoisotopic (exact) mass is 301 g/mol. The summed E-state index contributed by atoms with van der Waals surface area (Å²) in [6.45, 7) is 1.89. The van der Waals surface area contributed by atoms with Gasteiger partial charge in [-0.1, -0.05) is 19.1 Å². The number of carbonyl (C=O) groups is 2. The van der Waals surface area contributed by atoms with Crippen LogP contribution in [0.5, 0.6) is 0 Å². The lowest BCUT2D eigenvalue weighted by atomic mass is 9.89. The number of likely N-dealkylation sites (N-methyl/N-ethyl adjacent to an activating group) is 1. The fourth-order valence-corrected chi connectivity index (χ4v) is 2.17.